The lowest BCUT2D eigenvalue weighted by molar-refractivity contribution is 0.273. The van der Waals surface area contributed by atoms with Crippen LogP contribution in [0, 0.1) is 5.92 Å². The lowest BCUT2D eigenvalue weighted by Crippen LogP contribution is -2.06. The maximum atomic E-state index is 5.86. The van der Waals surface area contributed by atoms with Crippen molar-refractivity contribution in [2.75, 3.05) is 18.9 Å². The molecule has 2 aromatic rings. The summed E-state index contributed by atoms with van der Waals surface area (Å²) >= 11 is 1.74. The van der Waals surface area contributed by atoms with Crippen LogP contribution in [0.25, 0.3) is 0 Å². The highest BCUT2D eigenvalue weighted by atomic mass is 32.1. The second kappa shape index (κ2) is 6.13. The molecule has 0 aromatic carbocycles. The molecular weight excluding hydrogens is 272 g/mol. The number of rotatable bonds is 7. The quantitative estimate of drug-likeness (QED) is 0.851. The molecule has 3 rings (SSSR count). The van der Waals surface area contributed by atoms with E-state index in [9.17, 15) is 0 Å². The molecule has 5 heteroatoms. The molecule has 0 aliphatic heterocycles. The van der Waals surface area contributed by atoms with E-state index in [4.69, 9.17) is 15.2 Å². The smallest absolute Gasteiger partial charge is 0.240 e. The first-order chi connectivity index (χ1) is 9.81. The molecule has 0 bridgehead atoms. The molecule has 0 amide bonds. The van der Waals surface area contributed by atoms with Crippen molar-refractivity contribution in [2.24, 2.45) is 5.92 Å². The highest BCUT2D eigenvalue weighted by molar-refractivity contribution is 7.09. The second-order valence-corrected chi connectivity index (χ2v) is 6.01. The van der Waals surface area contributed by atoms with Gasteiger partial charge < -0.3 is 15.2 Å². The van der Waals surface area contributed by atoms with Crippen molar-refractivity contribution in [3.8, 4) is 11.8 Å². The minimum absolute atomic E-state index is 0.491. The molecule has 0 radical (unpaired) electrons. The summed E-state index contributed by atoms with van der Waals surface area (Å²) in [5, 5.41) is 2.07. The van der Waals surface area contributed by atoms with E-state index in [-0.39, 0.29) is 0 Å². The van der Waals surface area contributed by atoms with Gasteiger partial charge in [0, 0.05) is 17.4 Å². The zero-order valence-electron chi connectivity index (χ0n) is 11.2. The van der Waals surface area contributed by atoms with Crippen LogP contribution in [0.4, 0.5) is 5.69 Å². The Hall–Kier alpha value is -1.75. The van der Waals surface area contributed by atoms with Crippen molar-refractivity contribution in [3.63, 3.8) is 0 Å². The van der Waals surface area contributed by atoms with Crippen LogP contribution in [0.15, 0.2) is 29.6 Å². The Morgan fingerprint density at radius 1 is 1.25 bits per heavy atom. The number of aromatic nitrogens is 1. The number of nitrogens with zero attached hydrogens (tertiary/aromatic N) is 1. The predicted octanol–water partition coefficient (Wildman–Crippen LogP) is 3.14. The number of nitrogens with two attached hydrogens (primary N) is 1. The van der Waals surface area contributed by atoms with E-state index in [0.29, 0.717) is 36.6 Å². The van der Waals surface area contributed by atoms with Gasteiger partial charge >= 0.3 is 0 Å². The fourth-order valence-electron chi connectivity index (χ4n) is 1.82. The zero-order chi connectivity index (χ0) is 13.8. The van der Waals surface area contributed by atoms with Gasteiger partial charge in [-0.2, -0.15) is 4.98 Å². The van der Waals surface area contributed by atoms with Gasteiger partial charge in [-0.15, -0.1) is 11.3 Å². The molecule has 106 valence electrons. The fraction of sp³-hybridized carbons (Fsp3) is 0.400. The molecule has 0 atom stereocenters. The summed E-state index contributed by atoms with van der Waals surface area (Å²) in [4.78, 5) is 5.64. The largest absolute Gasteiger partial charge is 0.477 e. The van der Waals surface area contributed by atoms with Crippen molar-refractivity contribution >= 4 is 17.0 Å². The molecule has 1 fully saturated rings. The van der Waals surface area contributed by atoms with E-state index < -0.39 is 0 Å². The van der Waals surface area contributed by atoms with Crippen LogP contribution in [0.1, 0.15) is 17.7 Å². The molecule has 1 saturated carbocycles. The van der Waals surface area contributed by atoms with Gasteiger partial charge in [-0.25, -0.2) is 0 Å². The highest BCUT2D eigenvalue weighted by Crippen LogP contribution is 2.31. The third-order valence-corrected chi connectivity index (χ3v) is 4.13. The van der Waals surface area contributed by atoms with E-state index in [0.717, 1.165) is 6.42 Å². The lowest BCUT2D eigenvalue weighted by Gasteiger charge is -2.10. The minimum atomic E-state index is 0.491. The summed E-state index contributed by atoms with van der Waals surface area (Å²) in [5.74, 6) is 1.74. The molecule has 2 N–H and O–H groups in total. The third-order valence-electron chi connectivity index (χ3n) is 3.20. The van der Waals surface area contributed by atoms with Gasteiger partial charge in [0.2, 0.25) is 11.8 Å². The summed E-state index contributed by atoms with van der Waals surface area (Å²) in [6.45, 7) is 1.31. The summed E-state index contributed by atoms with van der Waals surface area (Å²) in [5.41, 5.74) is 6.43. The zero-order valence-corrected chi connectivity index (χ0v) is 12.1. The number of pyridine rings is 1. The molecule has 1 aliphatic rings. The van der Waals surface area contributed by atoms with Gasteiger partial charge in [0.05, 0.1) is 18.9 Å². The number of nitrogen functional groups attached to an aromatic ring is 1. The van der Waals surface area contributed by atoms with Gasteiger partial charge in [-0.1, -0.05) is 6.07 Å². The van der Waals surface area contributed by atoms with Gasteiger partial charge in [0.25, 0.3) is 0 Å². The number of hydrogen-bond donors (Lipinski definition) is 1. The van der Waals surface area contributed by atoms with E-state index in [2.05, 4.69) is 16.4 Å². The molecule has 4 nitrogen and oxygen atoms in total. The van der Waals surface area contributed by atoms with E-state index >= 15 is 0 Å². The molecule has 0 spiro atoms. The van der Waals surface area contributed by atoms with E-state index in [1.54, 1.807) is 23.5 Å². The Kier molecular flexibility index (Phi) is 4.06. The fourth-order valence-corrected chi connectivity index (χ4v) is 2.51. The van der Waals surface area contributed by atoms with Crippen LogP contribution >= 0.6 is 11.3 Å². The van der Waals surface area contributed by atoms with Crippen LogP contribution in [-0.2, 0) is 6.42 Å². The first kappa shape index (κ1) is 13.2. The van der Waals surface area contributed by atoms with Crippen molar-refractivity contribution in [3.05, 3.63) is 34.5 Å². The first-order valence-electron chi connectivity index (χ1n) is 6.86. The van der Waals surface area contributed by atoms with Crippen LogP contribution in [-0.4, -0.2) is 18.2 Å². The average molecular weight is 290 g/mol. The van der Waals surface area contributed by atoms with Crippen molar-refractivity contribution < 1.29 is 9.47 Å². The van der Waals surface area contributed by atoms with Gasteiger partial charge in [0.1, 0.15) is 0 Å². The SMILES string of the molecule is Nc1ccc(OCCc2cccs2)nc1OCC1CC1. The molecule has 2 heterocycles. The van der Waals surface area contributed by atoms with Crippen molar-refractivity contribution in [1.82, 2.24) is 4.98 Å². The molecule has 0 unspecified atom stereocenters. The summed E-state index contributed by atoms with van der Waals surface area (Å²) in [6, 6.07) is 7.73. The van der Waals surface area contributed by atoms with Crippen LogP contribution in [0.2, 0.25) is 0 Å². The summed E-state index contributed by atoms with van der Waals surface area (Å²) in [7, 11) is 0. The highest BCUT2D eigenvalue weighted by Gasteiger charge is 2.22. The maximum Gasteiger partial charge on any atom is 0.240 e. The average Bonchev–Trinajstić information content (AvgIpc) is 3.14. The van der Waals surface area contributed by atoms with Gasteiger partial charge in [-0.3, -0.25) is 0 Å². The Balaban J connectivity index is 1.53. The summed E-state index contributed by atoms with van der Waals surface area (Å²) < 4.78 is 11.3. The second-order valence-electron chi connectivity index (χ2n) is 4.98. The van der Waals surface area contributed by atoms with E-state index in [1.807, 2.05) is 6.07 Å². The molecule has 20 heavy (non-hydrogen) atoms. The summed E-state index contributed by atoms with van der Waals surface area (Å²) in [6.07, 6.45) is 3.38. The monoisotopic (exact) mass is 290 g/mol. The Morgan fingerprint density at radius 3 is 2.90 bits per heavy atom. The van der Waals surface area contributed by atoms with Crippen LogP contribution in [0.5, 0.6) is 11.8 Å². The van der Waals surface area contributed by atoms with Gasteiger partial charge in [0.15, 0.2) is 0 Å². The predicted molar refractivity (Wildman–Crippen MR) is 80.4 cm³/mol. The number of hydrogen-bond acceptors (Lipinski definition) is 5. The Bertz CT molecular complexity index is 553. The van der Waals surface area contributed by atoms with Crippen molar-refractivity contribution in [2.45, 2.75) is 19.3 Å². The minimum Gasteiger partial charge on any atom is -0.477 e. The third kappa shape index (κ3) is 3.63. The number of anilines is 1. The maximum absolute atomic E-state index is 5.86. The van der Waals surface area contributed by atoms with Crippen LogP contribution in [0.3, 0.4) is 0 Å². The topological polar surface area (TPSA) is 57.4 Å². The van der Waals surface area contributed by atoms with E-state index in [1.165, 1.54) is 17.7 Å². The normalized spacial score (nSPS) is 14.2. The van der Waals surface area contributed by atoms with Gasteiger partial charge in [-0.05, 0) is 36.3 Å². The van der Waals surface area contributed by atoms with Crippen LogP contribution < -0.4 is 15.2 Å². The lowest BCUT2D eigenvalue weighted by atomic mass is 10.3. The molecule has 2 aromatic heterocycles. The standard InChI is InChI=1S/C15H18N2O2S/c16-13-5-6-14(17-15(13)19-10-11-3-4-11)18-8-7-12-2-1-9-20-12/h1-2,5-6,9,11H,3-4,7-8,10,16H2. The Labute approximate surface area is 122 Å². The first-order valence-corrected chi connectivity index (χ1v) is 7.74. The number of thiophene rings is 1. The molecular formula is C15H18N2O2S. The Morgan fingerprint density at radius 2 is 2.15 bits per heavy atom. The molecule has 1 aliphatic carbocycles. The number of ether oxygens (including phenoxy) is 2. The van der Waals surface area contributed by atoms with Crippen molar-refractivity contribution in [1.29, 1.82) is 0 Å². The molecule has 0 saturated heterocycles.